The maximum absolute atomic E-state index is 12.3. The summed E-state index contributed by atoms with van der Waals surface area (Å²) < 4.78 is 11.4. The Bertz CT molecular complexity index is 491. The fourth-order valence-electron chi connectivity index (χ4n) is 2.89. The summed E-state index contributed by atoms with van der Waals surface area (Å²) in [5.41, 5.74) is 0.428. The Morgan fingerprint density at radius 3 is 2.83 bits per heavy atom. The van der Waals surface area contributed by atoms with Crippen molar-refractivity contribution in [3.05, 3.63) is 23.8 Å². The van der Waals surface area contributed by atoms with Crippen LogP contribution in [0.1, 0.15) is 43.0 Å². The van der Waals surface area contributed by atoms with Crippen molar-refractivity contribution in [3.8, 4) is 11.5 Å². The van der Waals surface area contributed by atoms with E-state index in [0.717, 1.165) is 12.2 Å². The number of rotatable bonds is 3. The summed E-state index contributed by atoms with van der Waals surface area (Å²) in [6.45, 7) is 2.11. The van der Waals surface area contributed by atoms with Gasteiger partial charge in [0.2, 0.25) is 0 Å². The Labute approximate surface area is 107 Å². The smallest absolute Gasteiger partial charge is 0.170 e. The SMILES string of the molecule is CCC1(C2CC2)CC(=O)c2ccc(OC)cc2O1. The van der Waals surface area contributed by atoms with Crippen LogP contribution in [0, 0.1) is 5.92 Å². The van der Waals surface area contributed by atoms with Gasteiger partial charge in [-0.15, -0.1) is 0 Å². The van der Waals surface area contributed by atoms with Gasteiger partial charge in [0.1, 0.15) is 17.1 Å². The van der Waals surface area contributed by atoms with E-state index in [-0.39, 0.29) is 11.4 Å². The normalized spacial score (nSPS) is 26.4. The van der Waals surface area contributed by atoms with E-state index in [1.165, 1.54) is 12.8 Å². The molecule has 1 aliphatic heterocycles. The monoisotopic (exact) mass is 246 g/mol. The number of methoxy groups -OCH3 is 1. The first-order valence-corrected chi connectivity index (χ1v) is 6.59. The Balaban J connectivity index is 2.01. The second-order valence-corrected chi connectivity index (χ2v) is 5.26. The van der Waals surface area contributed by atoms with Crippen LogP contribution in [0.2, 0.25) is 0 Å². The fraction of sp³-hybridized carbons (Fsp3) is 0.533. The van der Waals surface area contributed by atoms with Gasteiger partial charge in [0.25, 0.3) is 0 Å². The fourth-order valence-corrected chi connectivity index (χ4v) is 2.89. The van der Waals surface area contributed by atoms with Gasteiger partial charge < -0.3 is 9.47 Å². The predicted molar refractivity (Wildman–Crippen MR) is 68.3 cm³/mol. The summed E-state index contributed by atoms with van der Waals surface area (Å²) in [7, 11) is 1.63. The third kappa shape index (κ3) is 1.69. The van der Waals surface area contributed by atoms with E-state index in [1.54, 1.807) is 7.11 Å². The highest BCUT2D eigenvalue weighted by Crippen LogP contribution is 2.49. The van der Waals surface area contributed by atoms with Gasteiger partial charge in [-0.25, -0.2) is 0 Å². The lowest BCUT2D eigenvalue weighted by atomic mass is 9.84. The van der Waals surface area contributed by atoms with E-state index in [4.69, 9.17) is 9.47 Å². The first-order chi connectivity index (χ1) is 8.68. The molecule has 1 fully saturated rings. The van der Waals surface area contributed by atoms with Crippen LogP contribution in [0.3, 0.4) is 0 Å². The minimum Gasteiger partial charge on any atom is -0.497 e. The molecule has 1 heterocycles. The largest absolute Gasteiger partial charge is 0.497 e. The maximum Gasteiger partial charge on any atom is 0.170 e. The first kappa shape index (κ1) is 11.6. The minimum atomic E-state index is -0.267. The van der Waals surface area contributed by atoms with Gasteiger partial charge >= 0.3 is 0 Å². The molecule has 0 N–H and O–H groups in total. The van der Waals surface area contributed by atoms with Crippen LogP contribution in [0.5, 0.6) is 11.5 Å². The Morgan fingerprint density at radius 1 is 1.44 bits per heavy atom. The predicted octanol–water partition coefficient (Wildman–Crippen LogP) is 3.22. The molecular formula is C15H18O3. The molecule has 1 aromatic rings. The molecule has 0 bridgehead atoms. The molecule has 0 amide bonds. The molecule has 1 saturated carbocycles. The number of ketones is 1. The summed E-state index contributed by atoms with van der Waals surface area (Å²) in [5, 5.41) is 0. The topological polar surface area (TPSA) is 35.5 Å². The van der Waals surface area contributed by atoms with Crippen LogP contribution in [-0.4, -0.2) is 18.5 Å². The first-order valence-electron chi connectivity index (χ1n) is 6.59. The lowest BCUT2D eigenvalue weighted by Gasteiger charge is -2.37. The zero-order valence-electron chi connectivity index (χ0n) is 10.9. The van der Waals surface area contributed by atoms with Gasteiger partial charge in [-0.2, -0.15) is 0 Å². The third-order valence-electron chi connectivity index (χ3n) is 4.18. The Hall–Kier alpha value is -1.51. The molecule has 3 nitrogen and oxygen atoms in total. The second kappa shape index (κ2) is 4.01. The summed E-state index contributed by atoms with van der Waals surface area (Å²) >= 11 is 0. The highest BCUT2D eigenvalue weighted by Gasteiger charge is 2.50. The standard InChI is InChI=1S/C15H18O3/c1-3-15(10-4-5-10)9-13(16)12-7-6-11(17-2)8-14(12)18-15/h6-8,10H,3-5,9H2,1-2H3. The van der Waals surface area contributed by atoms with Crippen molar-refractivity contribution in [1.29, 1.82) is 0 Å². The summed E-state index contributed by atoms with van der Waals surface area (Å²) in [5.74, 6) is 2.18. The molecule has 3 heteroatoms. The number of carbonyl (C=O) groups excluding carboxylic acids is 1. The van der Waals surface area contributed by atoms with Crippen LogP contribution in [0.25, 0.3) is 0 Å². The lowest BCUT2D eigenvalue weighted by molar-refractivity contribution is 0.0211. The minimum absolute atomic E-state index is 0.202. The summed E-state index contributed by atoms with van der Waals surface area (Å²) in [4.78, 5) is 12.3. The number of ether oxygens (including phenoxy) is 2. The molecule has 0 saturated heterocycles. The molecule has 1 unspecified atom stereocenters. The third-order valence-corrected chi connectivity index (χ3v) is 4.18. The van der Waals surface area contributed by atoms with Gasteiger partial charge in [-0.3, -0.25) is 4.79 Å². The van der Waals surface area contributed by atoms with Crippen LogP contribution >= 0.6 is 0 Å². The van der Waals surface area contributed by atoms with Crippen molar-refractivity contribution in [3.63, 3.8) is 0 Å². The van der Waals surface area contributed by atoms with Gasteiger partial charge in [0, 0.05) is 6.07 Å². The molecule has 1 atom stereocenters. The van der Waals surface area contributed by atoms with Crippen molar-refractivity contribution < 1.29 is 14.3 Å². The number of Topliss-reactive ketones (excluding diaryl/α,β-unsaturated/α-hetero) is 1. The van der Waals surface area contributed by atoms with E-state index in [9.17, 15) is 4.79 Å². The zero-order valence-corrected chi connectivity index (χ0v) is 10.9. The van der Waals surface area contributed by atoms with Crippen molar-refractivity contribution in [2.24, 2.45) is 5.92 Å². The number of hydrogen-bond acceptors (Lipinski definition) is 3. The van der Waals surface area contributed by atoms with Crippen molar-refractivity contribution in [2.75, 3.05) is 7.11 Å². The van der Waals surface area contributed by atoms with E-state index in [2.05, 4.69) is 6.92 Å². The van der Waals surface area contributed by atoms with Crippen molar-refractivity contribution in [1.82, 2.24) is 0 Å². The highest BCUT2D eigenvalue weighted by atomic mass is 16.5. The average molecular weight is 246 g/mol. The van der Waals surface area contributed by atoms with Gasteiger partial charge in [0.05, 0.1) is 19.1 Å². The van der Waals surface area contributed by atoms with E-state index >= 15 is 0 Å². The van der Waals surface area contributed by atoms with Crippen LogP contribution < -0.4 is 9.47 Å². The molecule has 18 heavy (non-hydrogen) atoms. The Morgan fingerprint density at radius 2 is 2.22 bits per heavy atom. The second-order valence-electron chi connectivity index (χ2n) is 5.26. The molecule has 1 aromatic carbocycles. The molecule has 96 valence electrons. The number of carbonyl (C=O) groups is 1. The van der Waals surface area contributed by atoms with Crippen LogP contribution in [-0.2, 0) is 0 Å². The lowest BCUT2D eigenvalue weighted by Crippen LogP contribution is -2.43. The van der Waals surface area contributed by atoms with Gasteiger partial charge in [0.15, 0.2) is 5.78 Å². The molecular weight excluding hydrogens is 228 g/mol. The molecule has 0 aromatic heterocycles. The van der Waals surface area contributed by atoms with Gasteiger partial charge in [-0.05, 0) is 37.3 Å². The zero-order chi connectivity index (χ0) is 12.8. The van der Waals surface area contributed by atoms with E-state index < -0.39 is 0 Å². The van der Waals surface area contributed by atoms with Crippen molar-refractivity contribution in [2.45, 2.75) is 38.2 Å². The van der Waals surface area contributed by atoms with Gasteiger partial charge in [-0.1, -0.05) is 6.92 Å². The van der Waals surface area contributed by atoms with Crippen LogP contribution in [0.4, 0.5) is 0 Å². The molecule has 3 rings (SSSR count). The number of fused-ring (bicyclic) bond motifs is 1. The molecule has 0 spiro atoms. The summed E-state index contributed by atoms with van der Waals surface area (Å²) in [6, 6.07) is 5.46. The van der Waals surface area contributed by atoms with Crippen molar-refractivity contribution >= 4 is 5.78 Å². The van der Waals surface area contributed by atoms with Crippen LogP contribution in [0.15, 0.2) is 18.2 Å². The molecule has 0 radical (unpaired) electrons. The number of benzene rings is 1. The Kier molecular flexibility index (Phi) is 2.58. The quantitative estimate of drug-likeness (QED) is 0.821. The molecule has 2 aliphatic rings. The number of hydrogen-bond donors (Lipinski definition) is 0. The van der Waals surface area contributed by atoms with E-state index in [0.29, 0.717) is 23.7 Å². The summed E-state index contributed by atoms with van der Waals surface area (Å²) in [6.07, 6.45) is 3.77. The average Bonchev–Trinajstić information content (AvgIpc) is 3.22. The molecule has 1 aliphatic carbocycles. The highest BCUT2D eigenvalue weighted by molar-refractivity contribution is 6.00. The maximum atomic E-state index is 12.3. The van der Waals surface area contributed by atoms with E-state index in [1.807, 2.05) is 18.2 Å².